The number of nitrogens with zero attached hydrogens (tertiary/aromatic N) is 3. The Morgan fingerprint density at radius 3 is 2.26 bits per heavy atom. The number of carboxylic acid groups (broad SMARTS) is 1. The van der Waals surface area contributed by atoms with Gasteiger partial charge in [-0.3, -0.25) is 4.79 Å². The van der Waals surface area contributed by atoms with Gasteiger partial charge < -0.3 is 10.4 Å². The van der Waals surface area contributed by atoms with Crippen molar-refractivity contribution in [3.8, 4) is 11.1 Å². The van der Waals surface area contributed by atoms with E-state index < -0.39 is 23.5 Å². The Bertz CT molecular complexity index is 1670. The van der Waals surface area contributed by atoms with Crippen molar-refractivity contribution in [1.82, 2.24) is 20.3 Å². The zero-order valence-corrected chi connectivity index (χ0v) is 20.4. The molecule has 0 aliphatic rings. The lowest BCUT2D eigenvalue weighted by Gasteiger charge is -2.11. The molecule has 0 radical (unpaired) electrons. The van der Waals surface area contributed by atoms with E-state index >= 15 is 0 Å². The van der Waals surface area contributed by atoms with Gasteiger partial charge in [0.25, 0.3) is 5.91 Å². The van der Waals surface area contributed by atoms with Crippen LogP contribution in [0.25, 0.3) is 22.2 Å². The molecule has 0 unspecified atom stereocenters. The summed E-state index contributed by atoms with van der Waals surface area (Å²) in [4.78, 5) is 24.5. The van der Waals surface area contributed by atoms with E-state index in [0.717, 1.165) is 17.7 Å². The maximum Gasteiger partial charge on any atom is 0.335 e. The molecule has 1 aromatic heterocycles. The van der Waals surface area contributed by atoms with Crippen molar-refractivity contribution in [3.63, 3.8) is 0 Å². The molecule has 0 saturated heterocycles. The molecule has 0 atom stereocenters. The third-order valence-electron chi connectivity index (χ3n) is 6.01. The van der Waals surface area contributed by atoms with E-state index in [1.807, 2.05) is 12.1 Å². The van der Waals surface area contributed by atoms with Crippen LogP contribution in [0.1, 0.15) is 31.8 Å². The van der Waals surface area contributed by atoms with E-state index in [4.69, 9.17) is 16.7 Å². The molecule has 4 aromatic carbocycles. The Kier molecular flexibility index (Phi) is 6.85. The summed E-state index contributed by atoms with van der Waals surface area (Å²) in [7, 11) is 0. The number of halogens is 3. The van der Waals surface area contributed by atoms with Crippen LogP contribution in [-0.4, -0.2) is 32.0 Å². The molecule has 7 nitrogen and oxygen atoms in total. The molecular weight excluding hydrogens is 514 g/mol. The standard InChI is InChI=1S/C28H19ClF2N4O3/c29-21-8-3-17(4-9-21)15-35-26-22(27(36)32-14-16-1-5-18(6-2-16)28(37)38)11-20(13-25(26)33-34-35)19-7-10-23(30)24(31)12-19/h1-13H,14-15H2,(H,32,36)(H,37,38). The molecule has 190 valence electrons. The molecule has 0 saturated carbocycles. The van der Waals surface area contributed by atoms with Crippen molar-refractivity contribution in [2.45, 2.75) is 13.1 Å². The number of rotatable bonds is 7. The van der Waals surface area contributed by atoms with Crippen molar-refractivity contribution in [1.29, 1.82) is 0 Å². The minimum absolute atomic E-state index is 0.133. The summed E-state index contributed by atoms with van der Waals surface area (Å²) < 4.78 is 29.1. The van der Waals surface area contributed by atoms with Crippen LogP contribution in [-0.2, 0) is 13.1 Å². The van der Waals surface area contributed by atoms with Crippen molar-refractivity contribution in [3.05, 3.63) is 118 Å². The van der Waals surface area contributed by atoms with Crippen LogP contribution in [0.2, 0.25) is 5.02 Å². The van der Waals surface area contributed by atoms with Crippen LogP contribution in [0, 0.1) is 11.6 Å². The van der Waals surface area contributed by atoms with Crippen LogP contribution in [0.15, 0.2) is 78.9 Å². The van der Waals surface area contributed by atoms with E-state index in [9.17, 15) is 18.4 Å². The van der Waals surface area contributed by atoms with E-state index in [-0.39, 0.29) is 17.7 Å². The number of fused-ring (bicyclic) bond motifs is 1. The minimum atomic E-state index is -1.04. The topological polar surface area (TPSA) is 97.1 Å². The second kappa shape index (κ2) is 10.4. The molecule has 5 aromatic rings. The smallest absolute Gasteiger partial charge is 0.335 e. The molecule has 0 aliphatic carbocycles. The lowest BCUT2D eigenvalue weighted by atomic mass is 10.0. The maximum atomic E-state index is 14.0. The second-order valence-corrected chi connectivity index (χ2v) is 9.02. The predicted molar refractivity (Wildman–Crippen MR) is 138 cm³/mol. The number of nitrogens with one attached hydrogen (secondary N) is 1. The Morgan fingerprint density at radius 2 is 1.58 bits per heavy atom. The van der Waals surface area contributed by atoms with Gasteiger partial charge in [0.05, 0.1) is 17.7 Å². The highest BCUT2D eigenvalue weighted by atomic mass is 35.5. The van der Waals surface area contributed by atoms with Gasteiger partial charge >= 0.3 is 5.97 Å². The number of carboxylic acids is 1. The second-order valence-electron chi connectivity index (χ2n) is 8.58. The first-order valence-corrected chi connectivity index (χ1v) is 11.8. The monoisotopic (exact) mass is 532 g/mol. The maximum absolute atomic E-state index is 14.0. The minimum Gasteiger partial charge on any atom is -0.478 e. The SMILES string of the molecule is O=C(O)c1ccc(CNC(=O)c2cc(-c3ccc(F)c(F)c3)cc3nnn(Cc4ccc(Cl)cc4)c23)cc1. The average Bonchev–Trinajstić information content (AvgIpc) is 3.32. The third kappa shape index (κ3) is 5.23. The number of hydrogen-bond donors (Lipinski definition) is 2. The van der Waals surface area contributed by atoms with Crippen molar-refractivity contribution in [2.75, 3.05) is 0 Å². The molecule has 10 heteroatoms. The summed E-state index contributed by atoms with van der Waals surface area (Å²) in [6.45, 7) is 0.448. The number of carbonyl (C=O) groups is 2. The Balaban J connectivity index is 1.53. The number of benzene rings is 4. The normalized spacial score (nSPS) is 11.0. The summed E-state index contributed by atoms with van der Waals surface area (Å²) >= 11 is 5.99. The lowest BCUT2D eigenvalue weighted by Crippen LogP contribution is -2.24. The van der Waals surface area contributed by atoms with Crippen LogP contribution in [0.5, 0.6) is 0 Å². The zero-order chi connectivity index (χ0) is 26.8. The highest BCUT2D eigenvalue weighted by Crippen LogP contribution is 2.29. The summed E-state index contributed by atoms with van der Waals surface area (Å²) in [5.41, 5.74) is 3.66. The Morgan fingerprint density at radius 1 is 0.868 bits per heavy atom. The van der Waals surface area contributed by atoms with Gasteiger partial charge in [-0.2, -0.15) is 0 Å². The summed E-state index contributed by atoms with van der Waals surface area (Å²) in [5, 5.41) is 21.0. The van der Waals surface area contributed by atoms with Crippen LogP contribution < -0.4 is 5.32 Å². The number of aromatic carboxylic acids is 1. The first kappa shape index (κ1) is 25.0. The predicted octanol–water partition coefficient (Wildman–Crippen LogP) is 5.71. The highest BCUT2D eigenvalue weighted by molar-refractivity contribution is 6.30. The van der Waals surface area contributed by atoms with Gasteiger partial charge in [0.2, 0.25) is 0 Å². The Hall–Kier alpha value is -4.63. The first-order chi connectivity index (χ1) is 18.3. The van der Waals surface area contributed by atoms with Crippen molar-refractivity contribution >= 4 is 34.5 Å². The fourth-order valence-corrected chi connectivity index (χ4v) is 4.17. The van der Waals surface area contributed by atoms with Crippen LogP contribution in [0.4, 0.5) is 8.78 Å². The zero-order valence-electron chi connectivity index (χ0n) is 19.7. The van der Waals surface area contributed by atoms with Gasteiger partial charge in [-0.1, -0.05) is 47.1 Å². The van der Waals surface area contributed by atoms with E-state index in [0.29, 0.717) is 39.3 Å². The molecule has 0 aliphatic heterocycles. The third-order valence-corrected chi connectivity index (χ3v) is 6.26. The van der Waals surface area contributed by atoms with E-state index in [2.05, 4.69) is 15.6 Å². The largest absolute Gasteiger partial charge is 0.478 e. The molecule has 1 heterocycles. The van der Waals surface area contributed by atoms with Crippen molar-refractivity contribution < 1.29 is 23.5 Å². The molecule has 2 N–H and O–H groups in total. The number of aromatic nitrogens is 3. The lowest BCUT2D eigenvalue weighted by molar-refractivity contribution is 0.0696. The van der Waals surface area contributed by atoms with Gasteiger partial charge in [-0.25, -0.2) is 18.3 Å². The van der Waals surface area contributed by atoms with Crippen molar-refractivity contribution in [2.24, 2.45) is 0 Å². The van der Waals surface area contributed by atoms with Crippen LogP contribution in [0.3, 0.4) is 0 Å². The highest BCUT2D eigenvalue weighted by Gasteiger charge is 2.19. The molecule has 1 amide bonds. The fraction of sp³-hybridized carbons (Fsp3) is 0.0714. The molecule has 0 fully saturated rings. The molecule has 38 heavy (non-hydrogen) atoms. The first-order valence-electron chi connectivity index (χ1n) is 11.5. The quantitative estimate of drug-likeness (QED) is 0.280. The number of hydrogen-bond acceptors (Lipinski definition) is 4. The van der Waals surface area contributed by atoms with E-state index in [1.54, 1.807) is 41.1 Å². The fourth-order valence-electron chi connectivity index (χ4n) is 4.05. The molecule has 5 rings (SSSR count). The summed E-state index contributed by atoms with van der Waals surface area (Å²) in [5.74, 6) is -3.47. The van der Waals surface area contributed by atoms with Gasteiger partial charge in [-0.15, -0.1) is 5.10 Å². The van der Waals surface area contributed by atoms with Gasteiger partial charge in [0.1, 0.15) is 11.0 Å². The molecular formula is C28H19ClF2N4O3. The summed E-state index contributed by atoms with van der Waals surface area (Å²) in [6.07, 6.45) is 0. The van der Waals surface area contributed by atoms with E-state index in [1.165, 1.54) is 18.2 Å². The number of amides is 1. The molecule has 0 spiro atoms. The van der Waals surface area contributed by atoms with Crippen LogP contribution >= 0.6 is 11.6 Å². The summed E-state index contributed by atoms with van der Waals surface area (Å²) in [6, 6.07) is 20.1. The van der Waals surface area contributed by atoms with Gasteiger partial charge in [-0.05, 0) is 70.8 Å². The number of carbonyl (C=O) groups excluding carboxylic acids is 1. The van der Waals surface area contributed by atoms with Gasteiger partial charge in [0, 0.05) is 11.6 Å². The Labute approximate surface area is 220 Å². The average molecular weight is 533 g/mol. The van der Waals surface area contributed by atoms with Gasteiger partial charge in [0.15, 0.2) is 11.6 Å². The molecule has 0 bridgehead atoms.